The van der Waals surface area contributed by atoms with Crippen LogP contribution in [0.4, 0.5) is 10.5 Å². The van der Waals surface area contributed by atoms with Crippen molar-refractivity contribution in [3.05, 3.63) is 67.1 Å². The number of imidazole rings is 1. The van der Waals surface area contributed by atoms with Crippen molar-refractivity contribution in [1.82, 2.24) is 14.5 Å². The maximum Gasteiger partial charge on any atom is 0.329 e. The summed E-state index contributed by atoms with van der Waals surface area (Å²) in [7, 11) is 0. The van der Waals surface area contributed by atoms with E-state index in [-0.39, 0.29) is 17.8 Å². The number of carbonyl (C=O) groups is 1. The first-order chi connectivity index (χ1) is 13.1. The SMILES string of the molecule is CC1CN(C(=O)n2cnc(-c3ccccc3)c2)CCN1c1cccc(O)c1. The van der Waals surface area contributed by atoms with E-state index in [9.17, 15) is 9.90 Å². The maximum atomic E-state index is 12.9. The smallest absolute Gasteiger partial charge is 0.329 e. The number of hydrogen-bond donors (Lipinski definition) is 1. The summed E-state index contributed by atoms with van der Waals surface area (Å²) in [4.78, 5) is 21.3. The minimum atomic E-state index is -0.0629. The number of hydrogen-bond acceptors (Lipinski definition) is 4. The van der Waals surface area contributed by atoms with Gasteiger partial charge in [-0.2, -0.15) is 0 Å². The predicted molar refractivity (Wildman–Crippen MR) is 105 cm³/mol. The Morgan fingerprint density at radius 3 is 2.67 bits per heavy atom. The lowest BCUT2D eigenvalue weighted by molar-refractivity contribution is 0.188. The summed E-state index contributed by atoms with van der Waals surface area (Å²) >= 11 is 0. The monoisotopic (exact) mass is 362 g/mol. The van der Waals surface area contributed by atoms with Crippen LogP contribution in [0.1, 0.15) is 6.92 Å². The second-order valence-corrected chi connectivity index (χ2v) is 6.82. The molecule has 27 heavy (non-hydrogen) atoms. The molecule has 1 amide bonds. The van der Waals surface area contributed by atoms with Crippen molar-refractivity contribution in [2.45, 2.75) is 13.0 Å². The van der Waals surface area contributed by atoms with E-state index in [1.54, 1.807) is 29.2 Å². The molecule has 6 heteroatoms. The van der Waals surface area contributed by atoms with Crippen molar-refractivity contribution in [2.24, 2.45) is 0 Å². The van der Waals surface area contributed by atoms with Gasteiger partial charge in [-0.25, -0.2) is 9.78 Å². The molecule has 3 aromatic rings. The summed E-state index contributed by atoms with van der Waals surface area (Å²) in [5, 5.41) is 9.71. The fraction of sp³-hybridized carbons (Fsp3) is 0.238. The first-order valence-electron chi connectivity index (χ1n) is 9.06. The molecule has 0 saturated carbocycles. The van der Waals surface area contributed by atoms with Crippen LogP contribution in [0.25, 0.3) is 11.3 Å². The minimum Gasteiger partial charge on any atom is -0.508 e. The van der Waals surface area contributed by atoms with E-state index in [0.717, 1.165) is 23.5 Å². The lowest BCUT2D eigenvalue weighted by atomic mass is 10.1. The molecule has 1 aliphatic rings. The molecule has 2 aromatic carbocycles. The Balaban J connectivity index is 1.46. The van der Waals surface area contributed by atoms with Crippen molar-refractivity contribution in [3.8, 4) is 17.0 Å². The van der Waals surface area contributed by atoms with Crippen LogP contribution in [-0.2, 0) is 0 Å². The molecule has 0 radical (unpaired) electrons. The highest BCUT2D eigenvalue weighted by Crippen LogP contribution is 2.24. The molecule has 138 valence electrons. The third-order valence-electron chi connectivity index (χ3n) is 4.93. The Labute approximate surface area is 158 Å². The van der Waals surface area contributed by atoms with Gasteiger partial charge in [0.25, 0.3) is 0 Å². The molecule has 6 nitrogen and oxygen atoms in total. The third-order valence-corrected chi connectivity index (χ3v) is 4.93. The summed E-state index contributed by atoms with van der Waals surface area (Å²) in [6.45, 7) is 4.05. The molecule has 2 heterocycles. The van der Waals surface area contributed by atoms with Crippen molar-refractivity contribution < 1.29 is 9.90 Å². The molecule has 0 spiro atoms. The van der Waals surface area contributed by atoms with Gasteiger partial charge in [0.2, 0.25) is 0 Å². The average molecular weight is 362 g/mol. The topological polar surface area (TPSA) is 61.6 Å². The highest BCUT2D eigenvalue weighted by molar-refractivity contribution is 5.78. The van der Waals surface area contributed by atoms with E-state index < -0.39 is 0 Å². The van der Waals surface area contributed by atoms with E-state index in [0.29, 0.717) is 13.1 Å². The van der Waals surface area contributed by atoms with Gasteiger partial charge >= 0.3 is 6.03 Å². The molecule has 0 bridgehead atoms. The van der Waals surface area contributed by atoms with Gasteiger partial charge in [0.1, 0.15) is 12.1 Å². The lowest BCUT2D eigenvalue weighted by Gasteiger charge is -2.41. The number of anilines is 1. The van der Waals surface area contributed by atoms with Crippen molar-refractivity contribution >= 4 is 11.7 Å². The number of aromatic nitrogens is 2. The largest absolute Gasteiger partial charge is 0.508 e. The number of benzene rings is 2. The maximum absolute atomic E-state index is 12.9. The first kappa shape index (κ1) is 17.1. The minimum absolute atomic E-state index is 0.0629. The molecular weight excluding hydrogens is 340 g/mol. The number of phenolic OH excluding ortho intramolecular Hbond substituents is 1. The second-order valence-electron chi connectivity index (χ2n) is 6.82. The van der Waals surface area contributed by atoms with Gasteiger partial charge < -0.3 is 14.9 Å². The molecule has 1 atom stereocenters. The molecular formula is C21H22N4O2. The molecule has 1 unspecified atom stereocenters. The van der Waals surface area contributed by atoms with E-state index in [4.69, 9.17) is 0 Å². The van der Waals surface area contributed by atoms with Crippen LogP contribution in [0.3, 0.4) is 0 Å². The van der Waals surface area contributed by atoms with Crippen LogP contribution < -0.4 is 4.90 Å². The van der Waals surface area contributed by atoms with E-state index in [1.807, 2.05) is 47.4 Å². The van der Waals surface area contributed by atoms with Gasteiger partial charge in [0.15, 0.2) is 0 Å². The number of piperazine rings is 1. The summed E-state index contributed by atoms with van der Waals surface area (Å²) in [6, 6.07) is 17.2. The van der Waals surface area contributed by atoms with E-state index in [1.165, 1.54) is 0 Å². The Morgan fingerprint density at radius 1 is 1.11 bits per heavy atom. The number of rotatable bonds is 2. The van der Waals surface area contributed by atoms with Gasteiger partial charge in [0.05, 0.1) is 5.69 Å². The van der Waals surface area contributed by atoms with Gasteiger partial charge in [-0.05, 0) is 19.1 Å². The molecule has 4 rings (SSSR count). The number of amides is 1. The molecule has 1 aromatic heterocycles. The Kier molecular flexibility index (Phi) is 4.54. The number of aromatic hydroxyl groups is 1. The van der Waals surface area contributed by atoms with Gasteiger partial charge in [-0.15, -0.1) is 0 Å². The van der Waals surface area contributed by atoms with Crippen LogP contribution in [0.2, 0.25) is 0 Å². The third kappa shape index (κ3) is 3.51. The average Bonchev–Trinajstić information content (AvgIpc) is 3.18. The molecule has 1 aliphatic heterocycles. The fourth-order valence-electron chi connectivity index (χ4n) is 3.54. The van der Waals surface area contributed by atoms with E-state index >= 15 is 0 Å². The van der Waals surface area contributed by atoms with Gasteiger partial charge in [-0.1, -0.05) is 36.4 Å². The summed E-state index contributed by atoms with van der Waals surface area (Å²) in [5.41, 5.74) is 2.75. The fourth-order valence-corrected chi connectivity index (χ4v) is 3.54. The number of carbonyl (C=O) groups excluding carboxylic acids is 1. The van der Waals surface area contributed by atoms with Crippen LogP contribution in [0.5, 0.6) is 5.75 Å². The first-order valence-corrected chi connectivity index (χ1v) is 9.06. The van der Waals surface area contributed by atoms with Crippen molar-refractivity contribution in [2.75, 3.05) is 24.5 Å². The standard InChI is InChI=1S/C21H22N4O2/c1-16-13-23(10-11-25(16)18-8-5-9-19(26)12-18)21(27)24-14-20(22-15-24)17-6-3-2-4-7-17/h2-9,12,14-16,26H,10-11,13H2,1H3. The normalized spacial score (nSPS) is 17.1. The van der Waals surface area contributed by atoms with Crippen LogP contribution >= 0.6 is 0 Å². The zero-order valence-electron chi connectivity index (χ0n) is 15.2. The zero-order chi connectivity index (χ0) is 18.8. The number of phenols is 1. The summed E-state index contributed by atoms with van der Waals surface area (Å²) in [6.07, 6.45) is 3.36. The molecule has 1 N–H and O–H groups in total. The predicted octanol–water partition coefficient (Wildman–Crippen LogP) is 3.43. The highest BCUT2D eigenvalue weighted by Gasteiger charge is 2.28. The lowest BCUT2D eigenvalue weighted by Crippen LogP contribution is -2.54. The Bertz CT molecular complexity index is 938. The summed E-state index contributed by atoms with van der Waals surface area (Å²) in [5.74, 6) is 0.255. The second kappa shape index (κ2) is 7.15. The van der Waals surface area contributed by atoms with Crippen molar-refractivity contribution in [3.63, 3.8) is 0 Å². The molecule has 1 fully saturated rings. The molecule has 1 saturated heterocycles. The highest BCUT2D eigenvalue weighted by atomic mass is 16.3. The number of nitrogens with zero attached hydrogens (tertiary/aromatic N) is 4. The summed E-state index contributed by atoms with van der Waals surface area (Å²) < 4.78 is 1.55. The molecule has 0 aliphatic carbocycles. The van der Waals surface area contributed by atoms with Crippen LogP contribution in [0, 0.1) is 0 Å². The van der Waals surface area contributed by atoms with E-state index in [2.05, 4.69) is 16.8 Å². The van der Waals surface area contributed by atoms with Crippen LogP contribution in [0.15, 0.2) is 67.1 Å². The Morgan fingerprint density at radius 2 is 1.93 bits per heavy atom. The zero-order valence-corrected chi connectivity index (χ0v) is 15.2. The Hall–Kier alpha value is -3.28. The van der Waals surface area contributed by atoms with Crippen LogP contribution in [-0.4, -0.2) is 51.3 Å². The van der Waals surface area contributed by atoms with Crippen molar-refractivity contribution in [1.29, 1.82) is 0 Å². The van der Waals surface area contributed by atoms with Gasteiger partial charge in [0, 0.05) is 49.2 Å². The quantitative estimate of drug-likeness (QED) is 0.759. The van der Waals surface area contributed by atoms with Gasteiger partial charge in [-0.3, -0.25) is 4.57 Å².